The van der Waals surface area contributed by atoms with Gasteiger partial charge < -0.3 is 4.90 Å². The van der Waals surface area contributed by atoms with Crippen LogP contribution in [0.2, 0.25) is 0 Å². The summed E-state index contributed by atoms with van der Waals surface area (Å²) in [7, 11) is 1.84. The molecule has 19 heavy (non-hydrogen) atoms. The maximum atomic E-state index is 12.2. The number of benzene rings is 1. The molecule has 1 heterocycles. The molecule has 0 saturated carbocycles. The number of carbonyl (C=O) groups excluding carboxylic acids is 1. The van der Waals surface area contributed by atoms with E-state index in [-0.39, 0.29) is 5.91 Å². The van der Waals surface area contributed by atoms with Crippen molar-refractivity contribution in [1.82, 2.24) is 19.9 Å². The highest BCUT2D eigenvalue weighted by atomic mass is 16.2. The molecule has 0 aliphatic carbocycles. The van der Waals surface area contributed by atoms with Gasteiger partial charge in [0.25, 0.3) is 5.91 Å². The van der Waals surface area contributed by atoms with Crippen LogP contribution in [0, 0.1) is 0 Å². The zero-order chi connectivity index (χ0) is 13.8. The molecule has 1 aromatic carbocycles. The molecule has 5 nitrogen and oxygen atoms in total. The Kier molecular flexibility index (Phi) is 4.14. The second-order valence-electron chi connectivity index (χ2n) is 4.69. The van der Waals surface area contributed by atoms with E-state index in [1.807, 2.05) is 36.9 Å². The molecule has 0 spiro atoms. The first-order chi connectivity index (χ1) is 9.17. The van der Waals surface area contributed by atoms with Crippen LogP contribution in [-0.2, 0) is 6.54 Å². The Labute approximate surface area is 113 Å². The van der Waals surface area contributed by atoms with E-state index >= 15 is 0 Å². The fourth-order valence-corrected chi connectivity index (χ4v) is 2.06. The smallest absolute Gasteiger partial charge is 0.253 e. The third kappa shape index (κ3) is 2.75. The van der Waals surface area contributed by atoms with Crippen molar-refractivity contribution in [3.05, 3.63) is 23.8 Å². The quantitative estimate of drug-likeness (QED) is 0.829. The summed E-state index contributed by atoms with van der Waals surface area (Å²) in [6.45, 7) is 5.70. The van der Waals surface area contributed by atoms with E-state index in [4.69, 9.17) is 0 Å². The van der Waals surface area contributed by atoms with Crippen molar-refractivity contribution in [2.24, 2.45) is 0 Å². The van der Waals surface area contributed by atoms with Crippen molar-refractivity contribution in [3.8, 4) is 0 Å². The lowest BCUT2D eigenvalue weighted by Gasteiger charge is -2.16. The number of rotatable bonds is 5. The minimum Gasteiger partial charge on any atom is -0.342 e. The maximum Gasteiger partial charge on any atom is 0.253 e. The SMILES string of the molecule is CCCCN(C)C(=O)c1ccc2c(c1)nnn2CC. The van der Waals surface area contributed by atoms with Gasteiger partial charge in [0.05, 0.1) is 5.52 Å². The maximum absolute atomic E-state index is 12.2. The molecular weight excluding hydrogens is 240 g/mol. The molecule has 0 radical (unpaired) electrons. The summed E-state index contributed by atoms with van der Waals surface area (Å²) in [5.41, 5.74) is 2.42. The van der Waals surface area contributed by atoms with Crippen LogP contribution in [0.4, 0.5) is 0 Å². The normalized spacial score (nSPS) is 10.9. The van der Waals surface area contributed by atoms with Gasteiger partial charge in [-0.05, 0) is 31.5 Å². The molecule has 1 aromatic heterocycles. The molecule has 0 bridgehead atoms. The van der Waals surface area contributed by atoms with Crippen LogP contribution in [0.1, 0.15) is 37.0 Å². The Morgan fingerprint density at radius 3 is 2.84 bits per heavy atom. The average molecular weight is 260 g/mol. The van der Waals surface area contributed by atoms with Gasteiger partial charge in [0.15, 0.2) is 0 Å². The predicted molar refractivity (Wildman–Crippen MR) is 75.1 cm³/mol. The predicted octanol–water partition coefficient (Wildman–Crippen LogP) is 2.32. The van der Waals surface area contributed by atoms with Gasteiger partial charge in [-0.2, -0.15) is 0 Å². The van der Waals surface area contributed by atoms with Gasteiger partial charge in [-0.15, -0.1) is 5.10 Å². The number of aromatic nitrogens is 3. The highest BCUT2D eigenvalue weighted by molar-refractivity contribution is 5.97. The van der Waals surface area contributed by atoms with Gasteiger partial charge in [0.1, 0.15) is 5.52 Å². The fraction of sp³-hybridized carbons (Fsp3) is 0.500. The van der Waals surface area contributed by atoms with Crippen LogP contribution in [0.25, 0.3) is 11.0 Å². The van der Waals surface area contributed by atoms with Crippen LogP contribution in [0.3, 0.4) is 0 Å². The third-order valence-corrected chi connectivity index (χ3v) is 3.25. The number of carbonyl (C=O) groups is 1. The number of hydrogen-bond acceptors (Lipinski definition) is 3. The number of hydrogen-bond donors (Lipinski definition) is 0. The molecule has 0 aliphatic rings. The Morgan fingerprint density at radius 1 is 1.37 bits per heavy atom. The standard InChI is InChI=1S/C14H20N4O/c1-4-6-9-17(3)14(19)11-7-8-13-12(10-11)15-16-18(13)5-2/h7-8,10H,4-6,9H2,1-3H3. The van der Waals surface area contributed by atoms with Gasteiger partial charge in [-0.25, -0.2) is 4.68 Å². The summed E-state index contributed by atoms with van der Waals surface area (Å²) >= 11 is 0. The van der Waals surface area contributed by atoms with Crippen LogP contribution < -0.4 is 0 Å². The second kappa shape index (κ2) is 5.82. The van der Waals surface area contributed by atoms with Gasteiger partial charge >= 0.3 is 0 Å². The highest BCUT2D eigenvalue weighted by Crippen LogP contribution is 2.14. The van der Waals surface area contributed by atoms with E-state index in [9.17, 15) is 4.79 Å². The van der Waals surface area contributed by atoms with E-state index in [0.29, 0.717) is 5.56 Å². The number of fused-ring (bicyclic) bond motifs is 1. The lowest BCUT2D eigenvalue weighted by atomic mass is 10.1. The molecule has 0 N–H and O–H groups in total. The lowest BCUT2D eigenvalue weighted by Crippen LogP contribution is -2.27. The summed E-state index contributed by atoms with van der Waals surface area (Å²) in [6, 6.07) is 5.58. The molecule has 0 atom stereocenters. The van der Waals surface area contributed by atoms with Crippen molar-refractivity contribution in [2.45, 2.75) is 33.2 Å². The van der Waals surface area contributed by atoms with Gasteiger partial charge in [0.2, 0.25) is 0 Å². The molecule has 0 unspecified atom stereocenters. The number of amides is 1. The highest BCUT2D eigenvalue weighted by Gasteiger charge is 2.13. The number of nitrogens with zero attached hydrogens (tertiary/aromatic N) is 4. The van der Waals surface area contributed by atoms with E-state index in [2.05, 4.69) is 17.2 Å². The van der Waals surface area contributed by atoms with Crippen molar-refractivity contribution in [1.29, 1.82) is 0 Å². The molecule has 0 saturated heterocycles. The van der Waals surface area contributed by atoms with Crippen molar-refractivity contribution >= 4 is 16.9 Å². The van der Waals surface area contributed by atoms with Crippen molar-refractivity contribution < 1.29 is 4.79 Å². The Morgan fingerprint density at radius 2 is 2.16 bits per heavy atom. The zero-order valence-corrected chi connectivity index (χ0v) is 11.8. The number of aryl methyl sites for hydroxylation is 1. The largest absolute Gasteiger partial charge is 0.342 e. The summed E-state index contributed by atoms with van der Waals surface area (Å²) < 4.78 is 1.82. The van der Waals surface area contributed by atoms with E-state index in [0.717, 1.165) is 37.0 Å². The minimum atomic E-state index is 0.0430. The van der Waals surface area contributed by atoms with E-state index in [1.54, 1.807) is 4.90 Å². The first kappa shape index (κ1) is 13.5. The van der Waals surface area contributed by atoms with Crippen molar-refractivity contribution in [3.63, 3.8) is 0 Å². The van der Waals surface area contributed by atoms with Crippen LogP contribution in [-0.4, -0.2) is 39.4 Å². The monoisotopic (exact) mass is 260 g/mol. The molecule has 0 aliphatic heterocycles. The van der Waals surface area contributed by atoms with Gasteiger partial charge in [0, 0.05) is 25.7 Å². The van der Waals surface area contributed by atoms with Crippen LogP contribution >= 0.6 is 0 Å². The van der Waals surface area contributed by atoms with E-state index in [1.165, 1.54) is 0 Å². The second-order valence-corrected chi connectivity index (χ2v) is 4.69. The molecule has 5 heteroatoms. The Bertz CT molecular complexity index is 576. The summed E-state index contributed by atoms with van der Waals surface area (Å²) in [5.74, 6) is 0.0430. The van der Waals surface area contributed by atoms with Gasteiger partial charge in [-0.1, -0.05) is 18.6 Å². The minimum absolute atomic E-state index is 0.0430. The summed E-state index contributed by atoms with van der Waals surface area (Å²) in [5, 5.41) is 8.15. The molecule has 1 amide bonds. The fourth-order valence-electron chi connectivity index (χ4n) is 2.06. The molecule has 102 valence electrons. The summed E-state index contributed by atoms with van der Waals surface area (Å²) in [4.78, 5) is 14.0. The van der Waals surface area contributed by atoms with Crippen LogP contribution in [0.15, 0.2) is 18.2 Å². The van der Waals surface area contributed by atoms with Gasteiger partial charge in [-0.3, -0.25) is 4.79 Å². The summed E-state index contributed by atoms with van der Waals surface area (Å²) in [6.07, 6.45) is 2.11. The number of unbranched alkanes of at least 4 members (excludes halogenated alkanes) is 1. The molecule has 0 fully saturated rings. The van der Waals surface area contributed by atoms with Crippen molar-refractivity contribution in [2.75, 3.05) is 13.6 Å². The molecular formula is C14H20N4O. The topological polar surface area (TPSA) is 51.0 Å². The van der Waals surface area contributed by atoms with E-state index < -0.39 is 0 Å². The lowest BCUT2D eigenvalue weighted by molar-refractivity contribution is 0.0793. The molecule has 2 aromatic rings. The average Bonchev–Trinajstić information content (AvgIpc) is 2.85. The Hall–Kier alpha value is -1.91. The Balaban J connectivity index is 2.23. The zero-order valence-electron chi connectivity index (χ0n) is 11.8. The first-order valence-corrected chi connectivity index (χ1v) is 6.76. The van der Waals surface area contributed by atoms with Crippen LogP contribution in [0.5, 0.6) is 0 Å². The molecule has 2 rings (SSSR count). The third-order valence-electron chi connectivity index (χ3n) is 3.25. The first-order valence-electron chi connectivity index (χ1n) is 6.76.